The Kier molecular flexibility index (Phi) is 33.2. The molecule has 0 radical (unpaired) electrons. The van der Waals surface area contributed by atoms with Gasteiger partial charge >= 0.3 is 0 Å². The first-order valence-electron chi connectivity index (χ1n) is 24.4. The van der Waals surface area contributed by atoms with Gasteiger partial charge in [-0.15, -0.1) is 0 Å². The van der Waals surface area contributed by atoms with Crippen LogP contribution >= 0.6 is 0 Å². The highest BCUT2D eigenvalue weighted by atomic mass is 16.5. The van der Waals surface area contributed by atoms with E-state index in [1.807, 2.05) is 57.9 Å². The number of pyridine rings is 3. The smallest absolute Gasteiger partial charge is 0.219 e. The molecule has 3 saturated heterocycles. The average molecular weight is 934 g/mol. The minimum atomic E-state index is 0.133. The molecule has 1 N–H and O–H groups in total. The van der Waals surface area contributed by atoms with Crippen LogP contribution in [0.5, 0.6) is 0 Å². The number of piperazine rings is 2. The van der Waals surface area contributed by atoms with Crippen LogP contribution in [0.15, 0.2) is 73.6 Å². The molecule has 0 unspecified atom stereocenters. The zero-order chi connectivity index (χ0) is 50.0. The molecule has 15 heteroatoms. The van der Waals surface area contributed by atoms with Crippen LogP contribution < -0.4 is 5.32 Å². The van der Waals surface area contributed by atoms with Gasteiger partial charge in [0.25, 0.3) is 0 Å². The molecule has 3 aliphatic rings. The molecule has 0 atom stereocenters. The van der Waals surface area contributed by atoms with E-state index in [1.165, 1.54) is 16.7 Å². The predicted molar refractivity (Wildman–Crippen MR) is 275 cm³/mol. The van der Waals surface area contributed by atoms with Crippen molar-refractivity contribution < 1.29 is 19.1 Å². The maximum Gasteiger partial charge on any atom is 0.219 e. The number of carbonyl (C=O) groups excluding carboxylic acids is 3. The van der Waals surface area contributed by atoms with Gasteiger partial charge in [0.15, 0.2) is 0 Å². The molecule has 0 spiro atoms. The minimum absolute atomic E-state index is 0.133. The summed E-state index contributed by atoms with van der Waals surface area (Å²) >= 11 is 0. The molecule has 0 aliphatic carbocycles. The zero-order valence-corrected chi connectivity index (χ0v) is 44.0. The fraction of sp³-hybridized carbons (Fsp3) is 0.654. The summed E-state index contributed by atoms with van der Waals surface area (Å²) < 4.78 is 5.23. The molecule has 15 nitrogen and oxygen atoms in total. The SMILES string of the molecule is CC(=O)N(C)CCN1CCN(C)CC1.CC(=O)N(C)CCN1CCNCC1.CC(=O)N(C)CCN1CCOCC1.CC(C)c1cccnc1.CC(C)c1cccnc1.CC(C)c1cccnc1. The molecule has 6 heterocycles. The number of nitrogens with zero attached hydrogens (tertiary/aromatic N) is 10. The van der Waals surface area contributed by atoms with Crippen LogP contribution in [0, 0.1) is 0 Å². The molecule has 378 valence electrons. The second-order valence-corrected chi connectivity index (χ2v) is 18.3. The van der Waals surface area contributed by atoms with Crippen LogP contribution in [0.1, 0.15) is 96.8 Å². The number of hydrogen-bond acceptors (Lipinski definition) is 12. The molecular formula is C52H91N11O4. The third-order valence-corrected chi connectivity index (χ3v) is 11.8. The fourth-order valence-electron chi connectivity index (χ4n) is 6.33. The number of hydrogen-bond donors (Lipinski definition) is 1. The maximum absolute atomic E-state index is 11.0. The molecule has 0 saturated carbocycles. The molecule has 0 bridgehead atoms. The lowest BCUT2D eigenvalue weighted by Gasteiger charge is -2.33. The highest BCUT2D eigenvalue weighted by molar-refractivity contribution is 5.73. The Balaban J connectivity index is 0.000000406. The van der Waals surface area contributed by atoms with Gasteiger partial charge in [0.1, 0.15) is 0 Å². The predicted octanol–water partition coefficient (Wildman–Crippen LogP) is 5.49. The van der Waals surface area contributed by atoms with Crippen LogP contribution in [0.4, 0.5) is 0 Å². The van der Waals surface area contributed by atoms with Crippen molar-refractivity contribution >= 4 is 17.7 Å². The van der Waals surface area contributed by atoms with E-state index in [9.17, 15) is 14.4 Å². The number of morpholine rings is 1. The van der Waals surface area contributed by atoms with Crippen molar-refractivity contribution in [3.8, 4) is 0 Å². The third-order valence-electron chi connectivity index (χ3n) is 11.8. The van der Waals surface area contributed by atoms with Crippen LogP contribution in [0.25, 0.3) is 0 Å². The Morgan fingerprint density at radius 2 is 0.851 bits per heavy atom. The number of likely N-dealkylation sites (N-methyl/N-ethyl adjacent to an activating group) is 4. The maximum atomic E-state index is 11.0. The van der Waals surface area contributed by atoms with Crippen molar-refractivity contribution in [3.63, 3.8) is 0 Å². The molecule has 3 amide bonds. The molecular weight excluding hydrogens is 843 g/mol. The average Bonchev–Trinajstić information content (AvgIpc) is 3.34. The van der Waals surface area contributed by atoms with Crippen LogP contribution in [0.3, 0.4) is 0 Å². The largest absolute Gasteiger partial charge is 0.379 e. The highest BCUT2D eigenvalue weighted by Gasteiger charge is 2.15. The molecule has 3 aromatic rings. The summed E-state index contributed by atoms with van der Waals surface area (Å²) in [7, 11) is 7.70. The van der Waals surface area contributed by atoms with Crippen molar-refractivity contribution in [3.05, 3.63) is 90.3 Å². The number of aromatic nitrogens is 3. The first-order valence-corrected chi connectivity index (χ1v) is 24.4. The van der Waals surface area contributed by atoms with Gasteiger partial charge in [0.2, 0.25) is 17.7 Å². The van der Waals surface area contributed by atoms with Gasteiger partial charge < -0.3 is 29.7 Å². The van der Waals surface area contributed by atoms with E-state index in [-0.39, 0.29) is 17.7 Å². The molecule has 6 rings (SSSR count). The van der Waals surface area contributed by atoms with E-state index >= 15 is 0 Å². The lowest BCUT2D eigenvalue weighted by molar-refractivity contribution is -0.128. The van der Waals surface area contributed by atoms with Gasteiger partial charge in [-0.25, -0.2) is 0 Å². The number of nitrogens with one attached hydrogen (secondary N) is 1. The lowest BCUT2D eigenvalue weighted by atomic mass is 10.1. The Morgan fingerprint density at radius 3 is 1.12 bits per heavy atom. The van der Waals surface area contributed by atoms with E-state index in [1.54, 1.807) is 54.1 Å². The standard InChI is InChI=1S/C10H21N3O.C9H19N3O.C9H18N2O2.3C8H11N/c1-10(14)12(3)6-9-13-7-4-11(2)5-8-13;1-9(13)11(2)7-8-12-5-3-10-4-6-12;1-9(12)10(2)3-4-11-5-7-13-8-6-11;3*1-7(2)8-4-3-5-9-6-8/h4-9H2,1-3H3;10H,3-8H2,1-2H3;3-8H2,1-2H3;3*3-7H,1-2H3. The van der Waals surface area contributed by atoms with Gasteiger partial charge in [-0.2, -0.15) is 0 Å². The van der Waals surface area contributed by atoms with Crippen molar-refractivity contribution in [1.29, 1.82) is 0 Å². The van der Waals surface area contributed by atoms with E-state index in [0.29, 0.717) is 17.8 Å². The Labute approximate surface area is 406 Å². The molecule has 3 aliphatic heterocycles. The molecule has 3 fully saturated rings. The lowest BCUT2D eigenvalue weighted by Crippen LogP contribution is -2.47. The topological polar surface area (TPSA) is 134 Å². The normalized spacial score (nSPS) is 15.4. The summed E-state index contributed by atoms with van der Waals surface area (Å²) in [4.78, 5) is 59.5. The highest BCUT2D eigenvalue weighted by Crippen LogP contribution is 2.12. The van der Waals surface area contributed by atoms with E-state index in [0.717, 1.165) is 118 Å². The second kappa shape index (κ2) is 36.6. The number of amides is 3. The van der Waals surface area contributed by atoms with Crippen LogP contribution in [-0.4, -0.2) is 213 Å². The first kappa shape index (κ1) is 60.6. The van der Waals surface area contributed by atoms with Crippen LogP contribution in [0.2, 0.25) is 0 Å². The van der Waals surface area contributed by atoms with Gasteiger partial charge in [-0.05, 0) is 59.7 Å². The summed E-state index contributed by atoms with van der Waals surface area (Å²) in [5.74, 6) is 2.22. The molecule has 0 aromatic carbocycles. The van der Waals surface area contributed by atoms with Crippen molar-refractivity contribution in [2.45, 2.75) is 80.1 Å². The number of rotatable bonds is 12. The van der Waals surface area contributed by atoms with E-state index in [2.05, 4.69) is 107 Å². The minimum Gasteiger partial charge on any atom is -0.379 e. The first-order chi connectivity index (χ1) is 31.9. The monoisotopic (exact) mass is 934 g/mol. The Bertz CT molecular complexity index is 1530. The zero-order valence-electron chi connectivity index (χ0n) is 44.0. The quantitative estimate of drug-likeness (QED) is 0.246. The summed E-state index contributed by atoms with van der Waals surface area (Å²) in [5, 5.41) is 3.30. The van der Waals surface area contributed by atoms with Crippen molar-refractivity contribution in [1.82, 2.24) is 54.6 Å². The Hall–Kier alpha value is -4.38. The third kappa shape index (κ3) is 30.6. The van der Waals surface area contributed by atoms with Gasteiger partial charge in [-0.1, -0.05) is 59.7 Å². The summed E-state index contributed by atoms with van der Waals surface area (Å²) in [6.07, 6.45) is 11.1. The fourth-order valence-corrected chi connectivity index (χ4v) is 6.33. The van der Waals surface area contributed by atoms with E-state index < -0.39 is 0 Å². The summed E-state index contributed by atoms with van der Waals surface area (Å²) in [6.45, 7) is 35.8. The van der Waals surface area contributed by atoms with Gasteiger partial charge in [0.05, 0.1) is 13.2 Å². The number of ether oxygens (including phenoxy) is 1. The van der Waals surface area contributed by atoms with Gasteiger partial charge in [0, 0.05) is 184 Å². The van der Waals surface area contributed by atoms with E-state index in [4.69, 9.17) is 4.74 Å². The Morgan fingerprint density at radius 1 is 0.537 bits per heavy atom. The summed E-state index contributed by atoms with van der Waals surface area (Å²) in [6, 6.07) is 12.2. The summed E-state index contributed by atoms with van der Waals surface area (Å²) in [5.41, 5.74) is 3.91. The van der Waals surface area contributed by atoms with Gasteiger partial charge in [-0.3, -0.25) is 44.0 Å². The molecule has 67 heavy (non-hydrogen) atoms. The van der Waals surface area contributed by atoms with Crippen molar-refractivity contribution in [2.24, 2.45) is 0 Å². The molecule has 3 aromatic heterocycles. The van der Waals surface area contributed by atoms with Crippen molar-refractivity contribution in [2.75, 3.05) is 146 Å². The van der Waals surface area contributed by atoms with Crippen LogP contribution in [-0.2, 0) is 19.1 Å². The number of carbonyl (C=O) groups is 3. The second-order valence-electron chi connectivity index (χ2n) is 18.3.